The zero-order valence-electron chi connectivity index (χ0n) is 15.1. The molecule has 4 rings (SSSR count). The number of hydrogen-bond acceptors (Lipinski definition) is 7. The molecule has 1 heterocycles. The van der Waals surface area contributed by atoms with Crippen molar-refractivity contribution in [1.29, 1.82) is 0 Å². The monoisotopic (exact) mass is 379 g/mol. The summed E-state index contributed by atoms with van der Waals surface area (Å²) in [6.07, 6.45) is 2.42. The Hall–Kier alpha value is -3.55. The quantitative estimate of drug-likeness (QED) is 0.374. The van der Waals surface area contributed by atoms with Crippen LogP contribution in [0.4, 0.5) is 5.69 Å². The smallest absolute Gasteiger partial charge is 0.338 e. The lowest BCUT2D eigenvalue weighted by Gasteiger charge is -2.10. The number of nitro groups is 1. The Morgan fingerprint density at radius 2 is 1.89 bits per heavy atom. The predicted molar refractivity (Wildman–Crippen MR) is 98.7 cm³/mol. The molecule has 1 aromatic heterocycles. The molecule has 0 fully saturated rings. The summed E-state index contributed by atoms with van der Waals surface area (Å²) in [5.74, 6) is -0.0922. The second-order valence-corrected chi connectivity index (χ2v) is 6.63. The Kier molecular flexibility index (Phi) is 4.60. The first-order chi connectivity index (χ1) is 13.5. The van der Waals surface area contributed by atoms with Gasteiger partial charge in [-0.2, -0.15) is 0 Å². The minimum Gasteiger partial charge on any atom is -0.449 e. The Balaban J connectivity index is 1.46. The maximum absolute atomic E-state index is 12.4. The van der Waals surface area contributed by atoms with E-state index >= 15 is 0 Å². The van der Waals surface area contributed by atoms with E-state index in [9.17, 15) is 14.9 Å². The molecule has 0 saturated heterocycles. The van der Waals surface area contributed by atoms with Crippen molar-refractivity contribution in [2.75, 3.05) is 0 Å². The van der Waals surface area contributed by atoms with E-state index in [0.717, 1.165) is 19.3 Å². The molecule has 0 amide bonds. The summed E-state index contributed by atoms with van der Waals surface area (Å²) in [5.41, 5.74) is 3.50. The molecule has 2 aromatic carbocycles. The Morgan fingerprint density at radius 3 is 2.64 bits per heavy atom. The summed E-state index contributed by atoms with van der Waals surface area (Å²) in [5, 5.41) is 18.6. The summed E-state index contributed by atoms with van der Waals surface area (Å²) in [7, 11) is 0. The van der Waals surface area contributed by atoms with Gasteiger partial charge in [-0.25, -0.2) is 4.79 Å². The summed E-state index contributed by atoms with van der Waals surface area (Å²) in [6, 6.07) is 11.4. The number of aryl methyl sites for hydroxylation is 2. The molecule has 1 atom stereocenters. The van der Waals surface area contributed by atoms with Crippen molar-refractivity contribution in [3.63, 3.8) is 0 Å². The highest BCUT2D eigenvalue weighted by Gasteiger charge is 2.21. The second kappa shape index (κ2) is 7.22. The SMILES string of the molecule is CC(OC(=O)c1ccc2c(c1)CCC2)c1nnc(-c2ccc([N+](=O)[O-])cc2)o1. The second-order valence-electron chi connectivity index (χ2n) is 6.63. The van der Waals surface area contributed by atoms with Crippen LogP contribution in [0.5, 0.6) is 0 Å². The molecule has 0 saturated carbocycles. The number of hydrogen-bond donors (Lipinski definition) is 0. The fraction of sp³-hybridized carbons (Fsp3) is 0.250. The molecule has 0 bridgehead atoms. The van der Waals surface area contributed by atoms with E-state index in [-0.39, 0.29) is 17.5 Å². The van der Waals surface area contributed by atoms with E-state index in [1.807, 2.05) is 12.1 Å². The predicted octanol–water partition coefficient (Wildman–Crippen LogP) is 4.05. The van der Waals surface area contributed by atoms with Gasteiger partial charge in [0.25, 0.3) is 11.6 Å². The van der Waals surface area contributed by atoms with Crippen molar-refractivity contribution < 1.29 is 18.9 Å². The summed E-state index contributed by atoms with van der Waals surface area (Å²) >= 11 is 0. The number of ether oxygens (including phenoxy) is 1. The highest BCUT2D eigenvalue weighted by atomic mass is 16.6. The van der Waals surface area contributed by atoms with Crippen LogP contribution in [0.25, 0.3) is 11.5 Å². The third-order valence-corrected chi connectivity index (χ3v) is 4.73. The molecular formula is C20H17N3O5. The maximum Gasteiger partial charge on any atom is 0.338 e. The van der Waals surface area contributed by atoms with Gasteiger partial charge in [-0.05, 0) is 61.6 Å². The Bertz CT molecular complexity index is 1040. The van der Waals surface area contributed by atoms with E-state index < -0.39 is 17.0 Å². The molecule has 0 aliphatic heterocycles. The van der Waals surface area contributed by atoms with Crippen LogP contribution in [0.15, 0.2) is 46.9 Å². The van der Waals surface area contributed by atoms with Crippen molar-refractivity contribution in [2.24, 2.45) is 0 Å². The third kappa shape index (κ3) is 3.48. The number of carbonyl (C=O) groups is 1. The first-order valence-corrected chi connectivity index (χ1v) is 8.92. The molecule has 8 nitrogen and oxygen atoms in total. The molecule has 0 N–H and O–H groups in total. The lowest BCUT2D eigenvalue weighted by atomic mass is 10.1. The topological polar surface area (TPSA) is 108 Å². The van der Waals surface area contributed by atoms with Crippen LogP contribution in [0.3, 0.4) is 0 Å². The molecule has 28 heavy (non-hydrogen) atoms. The van der Waals surface area contributed by atoms with Gasteiger partial charge in [0.15, 0.2) is 6.10 Å². The minimum atomic E-state index is -0.722. The summed E-state index contributed by atoms with van der Waals surface area (Å²) in [6.45, 7) is 1.65. The fourth-order valence-electron chi connectivity index (χ4n) is 3.22. The standard InChI is InChI=1S/C20H17N3O5/c1-12(27-20(24)16-6-5-13-3-2-4-15(13)11-16)18-21-22-19(28-18)14-7-9-17(10-8-14)23(25)26/h5-12H,2-4H2,1H3. The van der Waals surface area contributed by atoms with Crippen molar-refractivity contribution in [3.8, 4) is 11.5 Å². The maximum atomic E-state index is 12.4. The zero-order valence-corrected chi connectivity index (χ0v) is 15.1. The van der Waals surface area contributed by atoms with Gasteiger partial charge in [0, 0.05) is 17.7 Å². The van der Waals surface area contributed by atoms with Crippen molar-refractivity contribution in [2.45, 2.75) is 32.3 Å². The Morgan fingerprint density at radius 1 is 1.14 bits per heavy atom. The van der Waals surface area contributed by atoms with Crippen LogP contribution in [-0.4, -0.2) is 21.1 Å². The van der Waals surface area contributed by atoms with Crippen molar-refractivity contribution >= 4 is 11.7 Å². The lowest BCUT2D eigenvalue weighted by molar-refractivity contribution is -0.384. The number of esters is 1. The largest absolute Gasteiger partial charge is 0.449 e. The molecule has 1 aliphatic rings. The van der Waals surface area contributed by atoms with Crippen LogP contribution < -0.4 is 0 Å². The van der Waals surface area contributed by atoms with Gasteiger partial charge < -0.3 is 9.15 Å². The molecule has 1 aliphatic carbocycles. The molecule has 8 heteroatoms. The van der Waals surface area contributed by atoms with Crippen molar-refractivity contribution in [1.82, 2.24) is 10.2 Å². The van der Waals surface area contributed by atoms with Crippen LogP contribution in [-0.2, 0) is 17.6 Å². The summed E-state index contributed by atoms with van der Waals surface area (Å²) in [4.78, 5) is 22.7. The minimum absolute atomic E-state index is 0.0277. The third-order valence-electron chi connectivity index (χ3n) is 4.73. The highest BCUT2D eigenvalue weighted by Crippen LogP contribution is 2.26. The number of nitrogens with zero attached hydrogens (tertiary/aromatic N) is 3. The first-order valence-electron chi connectivity index (χ1n) is 8.92. The lowest BCUT2D eigenvalue weighted by Crippen LogP contribution is -2.10. The molecule has 0 radical (unpaired) electrons. The molecule has 1 unspecified atom stereocenters. The van der Waals surface area contributed by atoms with E-state index in [0.29, 0.717) is 11.1 Å². The number of non-ortho nitro benzene ring substituents is 1. The van der Waals surface area contributed by atoms with Gasteiger partial charge in [-0.1, -0.05) is 6.07 Å². The Labute approximate surface area is 160 Å². The molecule has 0 spiro atoms. The first kappa shape index (κ1) is 17.8. The van der Waals surface area contributed by atoms with E-state index in [2.05, 4.69) is 10.2 Å². The van der Waals surface area contributed by atoms with Gasteiger partial charge in [-0.3, -0.25) is 10.1 Å². The van der Waals surface area contributed by atoms with Gasteiger partial charge in [-0.15, -0.1) is 10.2 Å². The van der Waals surface area contributed by atoms with Gasteiger partial charge in [0.2, 0.25) is 5.89 Å². The number of aromatic nitrogens is 2. The van der Waals surface area contributed by atoms with Crippen LogP contribution in [0.2, 0.25) is 0 Å². The van der Waals surface area contributed by atoms with Gasteiger partial charge >= 0.3 is 5.97 Å². The number of rotatable bonds is 5. The van der Waals surface area contributed by atoms with E-state index in [1.54, 1.807) is 13.0 Å². The highest BCUT2D eigenvalue weighted by molar-refractivity contribution is 5.90. The van der Waals surface area contributed by atoms with Crippen LogP contribution in [0.1, 0.15) is 46.8 Å². The number of benzene rings is 2. The average Bonchev–Trinajstić information content (AvgIpc) is 3.37. The molecule has 142 valence electrons. The molecular weight excluding hydrogens is 362 g/mol. The zero-order chi connectivity index (χ0) is 19.7. The number of carbonyl (C=O) groups excluding carboxylic acids is 1. The number of nitro benzene ring substituents is 1. The molecule has 3 aromatic rings. The van der Waals surface area contributed by atoms with Crippen LogP contribution in [0, 0.1) is 10.1 Å². The van der Waals surface area contributed by atoms with E-state index in [1.165, 1.54) is 35.4 Å². The normalized spacial score (nSPS) is 13.8. The van der Waals surface area contributed by atoms with Gasteiger partial charge in [0.05, 0.1) is 10.5 Å². The number of fused-ring (bicyclic) bond motifs is 1. The fourth-order valence-corrected chi connectivity index (χ4v) is 3.22. The van der Waals surface area contributed by atoms with Gasteiger partial charge in [0.1, 0.15) is 0 Å². The summed E-state index contributed by atoms with van der Waals surface area (Å²) < 4.78 is 11.0. The van der Waals surface area contributed by atoms with E-state index in [4.69, 9.17) is 9.15 Å². The average molecular weight is 379 g/mol. The van der Waals surface area contributed by atoms with Crippen molar-refractivity contribution in [3.05, 3.63) is 75.2 Å². The van der Waals surface area contributed by atoms with Crippen LogP contribution >= 0.6 is 0 Å².